The molecule has 0 aliphatic rings. The van der Waals surface area contributed by atoms with Crippen molar-refractivity contribution >= 4 is 5.91 Å². The molecule has 16 heavy (non-hydrogen) atoms. The maximum absolute atomic E-state index is 10.8. The number of amides is 1. The lowest BCUT2D eigenvalue weighted by molar-refractivity contribution is -0.117. The molecule has 0 radical (unpaired) electrons. The maximum Gasteiger partial charge on any atom is 0.223 e. The SMILES string of the molecule is CCc1c(CC(N)=O)nnn1CCCOC. The van der Waals surface area contributed by atoms with Crippen molar-refractivity contribution in [2.75, 3.05) is 13.7 Å². The van der Waals surface area contributed by atoms with Crippen LogP contribution in [0.2, 0.25) is 0 Å². The van der Waals surface area contributed by atoms with Gasteiger partial charge in [0.15, 0.2) is 0 Å². The molecule has 1 heterocycles. The molecule has 90 valence electrons. The van der Waals surface area contributed by atoms with Gasteiger partial charge in [-0.1, -0.05) is 12.1 Å². The van der Waals surface area contributed by atoms with Gasteiger partial charge in [0.25, 0.3) is 0 Å². The van der Waals surface area contributed by atoms with Gasteiger partial charge in [-0.2, -0.15) is 0 Å². The highest BCUT2D eigenvalue weighted by atomic mass is 16.5. The van der Waals surface area contributed by atoms with Crippen LogP contribution in [-0.4, -0.2) is 34.6 Å². The van der Waals surface area contributed by atoms with E-state index in [9.17, 15) is 4.79 Å². The molecule has 6 heteroatoms. The van der Waals surface area contributed by atoms with Crippen LogP contribution in [-0.2, 0) is 28.9 Å². The number of nitrogens with two attached hydrogens (primary N) is 1. The fraction of sp³-hybridized carbons (Fsp3) is 0.700. The number of hydrogen-bond donors (Lipinski definition) is 1. The van der Waals surface area contributed by atoms with Gasteiger partial charge >= 0.3 is 0 Å². The van der Waals surface area contributed by atoms with E-state index in [0.717, 1.165) is 25.1 Å². The van der Waals surface area contributed by atoms with E-state index in [0.29, 0.717) is 12.3 Å². The Bertz CT molecular complexity index is 349. The zero-order chi connectivity index (χ0) is 12.0. The second-order valence-electron chi connectivity index (χ2n) is 3.55. The van der Waals surface area contributed by atoms with Crippen molar-refractivity contribution < 1.29 is 9.53 Å². The fourth-order valence-corrected chi connectivity index (χ4v) is 1.60. The van der Waals surface area contributed by atoms with Gasteiger partial charge < -0.3 is 10.5 Å². The third-order valence-electron chi connectivity index (χ3n) is 2.31. The van der Waals surface area contributed by atoms with Crippen LogP contribution in [0.15, 0.2) is 0 Å². The topological polar surface area (TPSA) is 83.0 Å². The molecule has 0 unspecified atom stereocenters. The highest BCUT2D eigenvalue weighted by Crippen LogP contribution is 2.07. The van der Waals surface area contributed by atoms with Crippen LogP contribution in [0.4, 0.5) is 0 Å². The van der Waals surface area contributed by atoms with Crippen molar-refractivity contribution in [3.05, 3.63) is 11.4 Å². The summed E-state index contributed by atoms with van der Waals surface area (Å²) in [5.41, 5.74) is 6.81. The quantitative estimate of drug-likeness (QED) is 0.658. The number of rotatable bonds is 7. The van der Waals surface area contributed by atoms with Crippen molar-refractivity contribution in [3.63, 3.8) is 0 Å². The Balaban J connectivity index is 2.69. The number of ether oxygens (including phenoxy) is 1. The van der Waals surface area contributed by atoms with Crippen LogP contribution in [0.3, 0.4) is 0 Å². The van der Waals surface area contributed by atoms with Crippen LogP contribution in [0.1, 0.15) is 24.7 Å². The third-order valence-corrected chi connectivity index (χ3v) is 2.31. The number of carbonyl (C=O) groups is 1. The molecule has 0 spiro atoms. The third kappa shape index (κ3) is 3.30. The molecule has 0 atom stereocenters. The minimum absolute atomic E-state index is 0.160. The van der Waals surface area contributed by atoms with E-state index in [-0.39, 0.29) is 12.3 Å². The second kappa shape index (κ2) is 6.22. The Morgan fingerprint density at radius 3 is 2.88 bits per heavy atom. The molecule has 0 fully saturated rings. The van der Waals surface area contributed by atoms with Crippen molar-refractivity contribution in [2.24, 2.45) is 5.73 Å². The monoisotopic (exact) mass is 226 g/mol. The number of aromatic nitrogens is 3. The zero-order valence-electron chi connectivity index (χ0n) is 9.77. The molecule has 1 aromatic rings. The predicted octanol–water partition coefficient (Wildman–Crippen LogP) is -0.0952. The number of carbonyl (C=O) groups excluding carboxylic acids is 1. The van der Waals surface area contributed by atoms with Gasteiger partial charge in [0.05, 0.1) is 17.8 Å². The summed E-state index contributed by atoms with van der Waals surface area (Å²) in [5.74, 6) is -0.376. The Morgan fingerprint density at radius 1 is 1.56 bits per heavy atom. The molecule has 1 rings (SSSR count). The molecule has 2 N–H and O–H groups in total. The molecule has 0 bridgehead atoms. The van der Waals surface area contributed by atoms with Crippen LogP contribution >= 0.6 is 0 Å². The molecule has 1 amide bonds. The first-order chi connectivity index (χ1) is 7.69. The van der Waals surface area contributed by atoms with E-state index in [1.165, 1.54) is 0 Å². The second-order valence-corrected chi connectivity index (χ2v) is 3.55. The number of hydrogen-bond acceptors (Lipinski definition) is 4. The van der Waals surface area contributed by atoms with Crippen molar-refractivity contribution in [1.82, 2.24) is 15.0 Å². The Morgan fingerprint density at radius 2 is 2.31 bits per heavy atom. The molecule has 0 saturated carbocycles. The highest BCUT2D eigenvalue weighted by molar-refractivity contribution is 5.76. The van der Waals surface area contributed by atoms with E-state index >= 15 is 0 Å². The van der Waals surface area contributed by atoms with Gasteiger partial charge in [-0.25, -0.2) is 4.68 Å². The van der Waals surface area contributed by atoms with E-state index in [1.54, 1.807) is 7.11 Å². The predicted molar refractivity (Wildman–Crippen MR) is 58.8 cm³/mol. The summed E-state index contributed by atoms with van der Waals surface area (Å²) in [6.45, 7) is 3.45. The first-order valence-electron chi connectivity index (χ1n) is 5.37. The minimum Gasteiger partial charge on any atom is -0.385 e. The smallest absolute Gasteiger partial charge is 0.223 e. The summed E-state index contributed by atoms with van der Waals surface area (Å²) < 4.78 is 6.79. The van der Waals surface area contributed by atoms with Gasteiger partial charge in [0, 0.05) is 20.3 Å². The van der Waals surface area contributed by atoms with Crippen LogP contribution in [0, 0.1) is 0 Å². The highest BCUT2D eigenvalue weighted by Gasteiger charge is 2.12. The molecular weight excluding hydrogens is 208 g/mol. The van der Waals surface area contributed by atoms with Crippen LogP contribution in [0.25, 0.3) is 0 Å². The summed E-state index contributed by atoms with van der Waals surface area (Å²) >= 11 is 0. The standard InChI is InChI=1S/C10H18N4O2/c1-3-9-8(7-10(11)15)12-13-14(9)5-4-6-16-2/h3-7H2,1-2H3,(H2,11,15). The maximum atomic E-state index is 10.8. The van der Waals surface area contributed by atoms with Gasteiger partial charge in [-0.3, -0.25) is 4.79 Å². The van der Waals surface area contributed by atoms with Crippen molar-refractivity contribution in [2.45, 2.75) is 32.7 Å². The summed E-state index contributed by atoms with van der Waals surface area (Å²) in [6, 6.07) is 0. The number of primary amides is 1. The minimum atomic E-state index is -0.376. The van der Waals surface area contributed by atoms with Crippen LogP contribution in [0.5, 0.6) is 0 Å². The number of methoxy groups -OCH3 is 1. The van der Waals surface area contributed by atoms with Gasteiger partial charge in [-0.15, -0.1) is 5.10 Å². The number of aryl methyl sites for hydroxylation is 1. The summed E-state index contributed by atoms with van der Waals surface area (Å²) in [7, 11) is 1.67. The molecule has 0 aliphatic heterocycles. The molecule has 0 aromatic carbocycles. The largest absolute Gasteiger partial charge is 0.385 e. The first kappa shape index (κ1) is 12.6. The Hall–Kier alpha value is -1.43. The lowest BCUT2D eigenvalue weighted by Gasteiger charge is -2.04. The Labute approximate surface area is 94.8 Å². The average molecular weight is 226 g/mol. The molecule has 0 saturated heterocycles. The van der Waals surface area contributed by atoms with Crippen molar-refractivity contribution in [1.29, 1.82) is 0 Å². The molecule has 0 aliphatic carbocycles. The van der Waals surface area contributed by atoms with Gasteiger partial charge in [0.1, 0.15) is 0 Å². The summed E-state index contributed by atoms with van der Waals surface area (Å²) in [4.78, 5) is 10.8. The van der Waals surface area contributed by atoms with E-state index in [1.807, 2.05) is 11.6 Å². The molecular formula is C10H18N4O2. The molecule has 1 aromatic heterocycles. The summed E-state index contributed by atoms with van der Waals surface area (Å²) in [5, 5.41) is 7.99. The van der Waals surface area contributed by atoms with Gasteiger partial charge in [-0.05, 0) is 12.8 Å². The fourth-order valence-electron chi connectivity index (χ4n) is 1.60. The lowest BCUT2D eigenvalue weighted by Crippen LogP contribution is -2.15. The summed E-state index contributed by atoms with van der Waals surface area (Å²) in [6.07, 6.45) is 1.83. The average Bonchev–Trinajstić information content (AvgIpc) is 2.60. The lowest BCUT2D eigenvalue weighted by atomic mass is 10.2. The zero-order valence-corrected chi connectivity index (χ0v) is 9.77. The first-order valence-corrected chi connectivity index (χ1v) is 5.37. The van der Waals surface area contributed by atoms with Crippen LogP contribution < -0.4 is 5.73 Å². The van der Waals surface area contributed by atoms with E-state index in [4.69, 9.17) is 10.5 Å². The number of nitrogens with zero attached hydrogens (tertiary/aromatic N) is 3. The van der Waals surface area contributed by atoms with E-state index in [2.05, 4.69) is 10.3 Å². The molecule has 6 nitrogen and oxygen atoms in total. The van der Waals surface area contributed by atoms with Crippen molar-refractivity contribution in [3.8, 4) is 0 Å². The normalized spacial score (nSPS) is 10.6. The Kier molecular flexibility index (Phi) is 4.91. The van der Waals surface area contributed by atoms with E-state index < -0.39 is 0 Å². The van der Waals surface area contributed by atoms with Gasteiger partial charge in [0.2, 0.25) is 5.91 Å².